The SMILES string of the molecule is COc1ccc(CC(=O)N2Cc3cc4c(cc3C35C=CC(=O)C[C@@H]3N(C(C)(C)C)C(=O)[C@@H]25)OCO4)cc1. The number of amides is 2. The molecule has 0 saturated carbocycles. The topological polar surface area (TPSA) is 85.4 Å². The molecule has 3 heterocycles. The minimum atomic E-state index is -0.873. The molecule has 0 radical (unpaired) electrons. The number of carbonyl (C=O) groups is 3. The number of likely N-dealkylation sites (tertiary alicyclic amines) is 1. The Hall–Kier alpha value is -3.81. The fraction of sp³-hybridized carbons (Fsp3) is 0.414. The highest BCUT2D eigenvalue weighted by atomic mass is 16.7. The quantitative estimate of drug-likeness (QED) is 0.641. The summed E-state index contributed by atoms with van der Waals surface area (Å²) in [6, 6.07) is 10.1. The van der Waals surface area contributed by atoms with Crippen LogP contribution in [-0.2, 0) is 32.8 Å². The summed E-state index contributed by atoms with van der Waals surface area (Å²) in [5.74, 6) is 1.65. The van der Waals surface area contributed by atoms with Crippen LogP contribution in [0.2, 0.25) is 0 Å². The highest BCUT2D eigenvalue weighted by Gasteiger charge is 2.66. The Kier molecular flexibility index (Phi) is 5.16. The molecule has 2 aromatic rings. The number of fused-ring (bicyclic) bond motifs is 2. The monoisotopic (exact) mass is 502 g/mol. The number of benzene rings is 2. The lowest BCUT2D eigenvalue weighted by Crippen LogP contribution is -2.59. The molecule has 6 rings (SSSR count). The summed E-state index contributed by atoms with van der Waals surface area (Å²) >= 11 is 0. The van der Waals surface area contributed by atoms with Crippen LogP contribution in [0, 0.1) is 0 Å². The van der Waals surface area contributed by atoms with E-state index >= 15 is 0 Å². The van der Waals surface area contributed by atoms with Crippen LogP contribution in [-0.4, -0.2) is 58.9 Å². The standard InChI is InChI=1S/C29H30N2O6/c1-28(2,3)31-24-13-19(32)9-10-29(24)21-14-23-22(36-16-37-23)12-18(21)15-30(26(29)27(31)34)25(33)11-17-5-7-20(35-4)8-6-17/h5-10,12,14,24,26H,11,13,15-16H2,1-4H3/t24-,26+,29?/m0/s1. The Morgan fingerprint density at radius 1 is 1.11 bits per heavy atom. The van der Waals surface area contributed by atoms with E-state index in [9.17, 15) is 14.4 Å². The van der Waals surface area contributed by atoms with E-state index in [0.29, 0.717) is 17.2 Å². The van der Waals surface area contributed by atoms with Crippen LogP contribution in [0.1, 0.15) is 43.9 Å². The molecule has 1 saturated heterocycles. The predicted octanol–water partition coefficient (Wildman–Crippen LogP) is 3.15. The molecule has 3 atom stereocenters. The molecule has 192 valence electrons. The smallest absolute Gasteiger partial charge is 0.247 e. The first kappa shape index (κ1) is 23.6. The Bertz CT molecular complexity index is 1340. The largest absolute Gasteiger partial charge is 0.497 e. The summed E-state index contributed by atoms with van der Waals surface area (Å²) in [7, 11) is 1.60. The zero-order valence-electron chi connectivity index (χ0n) is 21.4. The first-order valence-electron chi connectivity index (χ1n) is 12.5. The van der Waals surface area contributed by atoms with E-state index in [1.807, 2.05) is 68.1 Å². The van der Waals surface area contributed by atoms with Gasteiger partial charge in [0.2, 0.25) is 18.6 Å². The van der Waals surface area contributed by atoms with Crippen molar-refractivity contribution in [1.82, 2.24) is 9.80 Å². The van der Waals surface area contributed by atoms with Gasteiger partial charge in [0, 0.05) is 18.5 Å². The van der Waals surface area contributed by atoms with Crippen LogP contribution >= 0.6 is 0 Å². The molecule has 2 amide bonds. The molecule has 4 aliphatic rings. The molecule has 0 bridgehead atoms. The fourth-order valence-corrected chi connectivity index (χ4v) is 6.49. The Balaban J connectivity index is 1.51. The van der Waals surface area contributed by atoms with Crippen molar-refractivity contribution in [2.75, 3.05) is 13.9 Å². The number of rotatable bonds is 3. The molecule has 1 fully saturated rings. The van der Waals surface area contributed by atoms with Gasteiger partial charge in [0.25, 0.3) is 0 Å². The van der Waals surface area contributed by atoms with Crippen LogP contribution in [0.4, 0.5) is 0 Å². The van der Waals surface area contributed by atoms with Gasteiger partial charge in [-0.25, -0.2) is 0 Å². The van der Waals surface area contributed by atoms with Crippen molar-refractivity contribution in [3.05, 3.63) is 65.2 Å². The number of methoxy groups -OCH3 is 1. The number of allylic oxidation sites excluding steroid dienone is 1. The van der Waals surface area contributed by atoms with Crippen molar-refractivity contribution < 1.29 is 28.6 Å². The average molecular weight is 503 g/mol. The molecular weight excluding hydrogens is 472 g/mol. The highest BCUT2D eigenvalue weighted by Crippen LogP contribution is 2.55. The van der Waals surface area contributed by atoms with Gasteiger partial charge in [0.1, 0.15) is 11.8 Å². The molecule has 8 heteroatoms. The Labute approximate surface area is 215 Å². The van der Waals surface area contributed by atoms with Crippen molar-refractivity contribution in [2.24, 2.45) is 0 Å². The first-order chi connectivity index (χ1) is 17.6. The summed E-state index contributed by atoms with van der Waals surface area (Å²) in [5, 5.41) is 0. The second-order valence-electron chi connectivity index (χ2n) is 11.1. The van der Waals surface area contributed by atoms with E-state index in [1.165, 1.54) is 0 Å². The Morgan fingerprint density at radius 2 is 1.81 bits per heavy atom. The maximum Gasteiger partial charge on any atom is 0.247 e. The van der Waals surface area contributed by atoms with Gasteiger partial charge < -0.3 is 24.0 Å². The summed E-state index contributed by atoms with van der Waals surface area (Å²) < 4.78 is 16.6. The molecule has 2 aromatic carbocycles. The third-order valence-corrected chi connectivity index (χ3v) is 8.00. The summed E-state index contributed by atoms with van der Waals surface area (Å²) in [6.45, 7) is 6.32. The maximum atomic E-state index is 14.3. The molecule has 1 unspecified atom stereocenters. The van der Waals surface area contributed by atoms with Crippen molar-refractivity contribution in [2.45, 2.75) is 63.2 Å². The normalized spacial score (nSPS) is 25.6. The van der Waals surface area contributed by atoms with Gasteiger partial charge in [-0.1, -0.05) is 18.2 Å². The molecule has 3 aliphatic heterocycles. The number of carbonyl (C=O) groups excluding carboxylic acids is 3. The molecular formula is C29H30N2O6. The molecule has 1 aliphatic carbocycles. The lowest BCUT2D eigenvalue weighted by molar-refractivity contribution is -0.145. The van der Waals surface area contributed by atoms with Gasteiger partial charge >= 0.3 is 0 Å². The van der Waals surface area contributed by atoms with Crippen LogP contribution in [0.25, 0.3) is 0 Å². The summed E-state index contributed by atoms with van der Waals surface area (Å²) in [6.07, 6.45) is 3.79. The number of hydrogen-bond donors (Lipinski definition) is 0. The zero-order chi connectivity index (χ0) is 26.1. The van der Waals surface area contributed by atoms with Gasteiger partial charge in [-0.15, -0.1) is 0 Å². The zero-order valence-corrected chi connectivity index (χ0v) is 21.4. The van der Waals surface area contributed by atoms with Gasteiger partial charge in [-0.3, -0.25) is 14.4 Å². The lowest BCUT2D eigenvalue weighted by atomic mass is 9.63. The van der Waals surface area contributed by atoms with Crippen LogP contribution < -0.4 is 14.2 Å². The van der Waals surface area contributed by atoms with Gasteiger partial charge in [0.15, 0.2) is 17.3 Å². The minimum absolute atomic E-state index is 0.0256. The molecule has 1 spiro atoms. The third kappa shape index (κ3) is 3.45. The lowest BCUT2D eigenvalue weighted by Gasteiger charge is -2.48. The molecule has 0 N–H and O–H groups in total. The third-order valence-electron chi connectivity index (χ3n) is 8.00. The second-order valence-corrected chi connectivity index (χ2v) is 11.1. The van der Waals surface area contributed by atoms with Crippen LogP contribution in [0.5, 0.6) is 17.2 Å². The minimum Gasteiger partial charge on any atom is -0.497 e. The molecule has 37 heavy (non-hydrogen) atoms. The maximum absolute atomic E-state index is 14.3. The molecule has 0 aromatic heterocycles. The molecule has 8 nitrogen and oxygen atoms in total. The van der Waals surface area contributed by atoms with Crippen LogP contribution in [0.15, 0.2) is 48.6 Å². The predicted molar refractivity (Wildman–Crippen MR) is 134 cm³/mol. The number of ether oxygens (including phenoxy) is 3. The van der Waals surface area contributed by atoms with Crippen molar-refractivity contribution in [3.8, 4) is 17.2 Å². The van der Waals surface area contributed by atoms with E-state index in [4.69, 9.17) is 14.2 Å². The van der Waals surface area contributed by atoms with Gasteiger partial charge in [-0.2, -0.15) is 0 Å². The van der Waals surface area contributed by atoms with Crippen molar-refractivity contribution in [1.29, 1.82) is 0 Å². The van der Waals surface area contributed by atoms with E-state index in [2.05, 4.69) is 0 Å². The first-order valence-corrected chi connectivity index (χ1v) is 12.5. The average Bonchev–Trinajstić information content (AvgIpc) is 3.42. The van der Waals surface area contributed by atoms with Crippen molar-refractivity contribution >= 4 is 17.6 Å². The van der Waals surface area contributed by atoms with Gasteiger partial charge in [0.05, 0.1) is 25.0 Å². The highest BCUT2D eigenvalue weighted by molar-refractivity contribution is 5.99. The summed E-state index contributed by atoms with van der Waals surface area (Å²) in [5.41, 5.74) is 1.24. The van der Waals surface area contributed by atoms with E-state index in [0.717, 1.165) is 16.7 Å². The van der Waals surface area contributed by atoms with E-state index in [1.54, 1.807) is 18.1 Å². The number of ketones is 1. The number of nitrogens with zero attached hydrogens (tertiary/aromatic N) is 2. The van der Waals surface area contributed by atoms with Gasteiger partial charge in [-0.05, 0) is 67.8 Å². The fourth-order valence-electron chi connectivity index (χ4n) is 6.49. The van der Waals surface area contributed by atoms with E-state index in [-0.39, 0.29) is 43.8 Å². The van der Waals surface area contributed by atoms with Crippen molar-refractivity contribution in [3.63, 3.8) is 0 Å². The number of hydrogen-bond acceptors (Lipinski definition) is 6. The Morgan fingerprint density at radius 3 is 2.49 bits per heavy atom. The van der Waals surface area contributed by atoms with E-state index < -0.39 is 23.0 Å². The second kappa shape index (κ2) is 8.10. The summed E-state index contributed by atoms with van der Waals surface area (Å²) in [4.78, 5) is 44.4. The van der Waals surface area contributed by atoms with Crippen LogP contribution in [0.3, 0.4) is 0 Å².